The van der Waals surface area contributed by atoms with E-state index in [1.807, 2.05) is 48.3 Å². The third kappa shape index (κ3) is 3.45. The Hall–Kier alpha value is -2.14. The van der Waals surface area contributed by atoms with Crippen LogP contribution >= 0.6 is 0 Å². The number of hydrogen-bond donors (Lipinski definition) is 1. The van der Waals surface area contributed by atoms with Crippen LogP contribution in [-0.2, 0) is 6.54 Å². The van der Waals surface area contributed by atoms with Gasteiger partial charge in [0.25, 0.3) is 0 Å². The smallest absolute Gasteiger partial charge is 0.155 e. The van der Waals surface area contributed by atoms with E-state index in [1.165, 1.54) is 0 Å². The first kappa shape index (κ1) is 14.3. The van der Waals surface area contributed by atoms with Gasteiger partial charge in [-0.3, -0.25) is 0 Å². The fourth-order valence-electron chi connectivity index (χ4n) is 1.83. The minimum absolute atomic E-state index is 0.743. The van der Waals surface area contributed by atoms with Crippen LogP contribution < -0.4 is 15.0 Å². The average molecular weight is 272 g/mol. The Morgan fingerprint density at radius 1 is 1.20 bits per heavy atom. The van der Waals surface area contributed by atoms with Gasteiger partial charge in [-0.2, -0.15) is 5.10 Å². The molecule has 2 rings (SSSR count). The standard InChI is InChI=1S/C15H20N4O/c1-4-16-11-12-8-9-15(18-17-12)19(2)13-6-5-7-14(10-13)20-3/h5-10,16H,4,11H2,1-3H3. The normalized spacial score (nSPS) is 10.3. The van der Waals surface area contributed by atoms with Gasteiger partial charge < -0.3 is 15.0 Å². The van der Waals surface area contributed by atoms with E-state index >= 15 is 0 Å². The molecule has 0 spiro atoms. The second-order valence-corrected chi connectivity index (χ2v) is 4.42. The van der Waals surface area contributed by atoms with Crippen molar-refractivity contribution in [1.82, 2.24) is 15.5 Å². The van der Waals surface area contributed by atoms with E-state index in [9.17, 15) is 0 Å². The fraction of sp³-hybridized carbons (Fsp3) is 0.333. The number of nitrogens with one attached hydrogen (secondary N) is 1. The first-order valence-corrected chi connectivity index (χ1v) is 6.65. The monoisotopic (exact) mass is 272 g/mol. The molecule has 5 nitrogen and oxygen atoms in total. The number of hydrogen-bond acceptors (Lipinski definition) is 5. The maximum atomic E-state index is 5.23. The quantitative estimate of drug-likeness (QED) is 0.875. The van der Waals surface area contributed by atoms with Crippen molar-refractivity contribution in [2.24, 2.45) is 0 Å². The average Bonchev–Trinajstić information content (AvgIpc) is 2.52. The van der Waals surface area contributed by atoms with Crippen LogP contribution in [0, 0.1) is 0 Å². The Morgan fingerprint density at radius 2 is 2.05 bits per heavy atom. The van der Waals surface area contributed by atoms with Crippen molar-refractivity contribution in [3.05, 3.63) is 42.1 Å². The van der Waals surface area contributed by atoms with E-state index in [0.717, 1.165) is 36.0 Å². The number of benzene rings is 1. The maximum Gasteiger partial charge on any atom is 0.155 e. The molecule has 2 aromatic rings. The summed E-state index contributed by atoms with van der Waals surface area (Å²) in [6, 6.07) is 11.8. The van der Waals surface area contributed by atoms with Crippen LogP contribution in [0.1, 0.15) is 12.6 Å². The van der Waals surface area contributed by atoms with Gasteiger partial charge in [0.2, 0.25) is 0 Å². The summed E-state index contributed by atoms with van der Waals surface area (Å²) >= 11 is 0. The number of nitrogens with zero attached hydrogens (tertiary/aromatic N) is 3. The van der Waals surface area contributed by atoms with Gasteiger partial charge in [0, 0.05) is 25.3 Å². The Morgan fingerprint density at radius 3 is 2.70 bits per heavy atom. The van der Waals surface area contributed by atoms with Gasteiger partial charge in [-0.1, -0.05) is 13.0 Å². The molecule has 0 aliphatic rings. The molecule has 0 aliphatic carbocycles. The molecule has 1 N–H and O–H groups in total. The summed E-state index contributed by atoms with van der Waals surface area (Å²) in [5.74, 6) is 1.63. The van der Waals surface area contributed by atoms with Crippen molar-refractivity contribution in [2.45, 2.75) is 13.5 Å². The van der Waals surface area contributed by atoms with Crippen LogP contribution in [0.4, 0.5) is 11.5 Å². The van der Waals surface area contributed by atoms with Crippen molar-refractivity contribution in [2.75, 3.05) is 25.6 Å². The molecule has 1 aromatic heterocycles. The minimum atomic E-state index is 0.743. The van der Waals surface area contributed by atoms with Gasteiger partial charge in [0.1, 0.15) is 5.75 Å². The summed E-state index contributed by atoms with van der Waals surface area (Å²) < 4.78 is 5.23. The number of aromatic nitrogens is 2. The van der Waals surface area contributed by atoms with Crippen molar-refractivity contribution in [3.8, 4) is 5.75 Å². The molecule has 1 heterocycles. The maximum absolute atomic E-state index is 5.23. The van der Waals surface area contributed by atoms with Gasteiger partial charge >= 0.3 is 0 Å². The third-order valence-corrected chi connectivity index (χ3v) is 3.05. The highest BCUT2D eigenvalue weighted by Gasteiger charge is 2.07. The summed E-state index contributed by atoms with van der Waals surface area (Å²) in [6.45, 7) is 3.73. The van der Waals surface area contributed by atoms with E-state index in [4.69, 9.17) is 4.74 Å². The third-order valence-electron chi connectivity index (χ3n) is 3.05. The molecule has 0 saturated heterocycles. The summed E-state index contributed by atoms with van der Waals surface area (Å²) in [6.07, 6.45) is 0. The largest absolute Gasteiger partial charge is 0.497 e. The Balaban J connectivity index is 2.13. The zero-order valence-electron chi connectivity index (χ0n) is 12.1. The lowest BCUT2D eigenvalue weighted by atomic mass is 10.2. The Labute approximate surface area is 119 Å². The molecule has 0 atom stereocenters. The molecule has 0 fully saturated rings. The van der Waals surface area contributed by atoms with E-state index in [0.29, 0.717) is 0 Å². The van der Waals surface area contributed by atoms with Crippen molar-refractivity contribution in [3.63, 3.8) is 0 Å². The minimum Gasteiger partial charge on any atom is -0.497 e. The van der Waals surface area contributed by atoms with E-state index in [-0.39, 0.29) is 0 Å². The lowest BCUT2D eigenvalue weighted by Gasteiger charge is -2.18. The second kappa shape index (κ2) is 6.86. The summed E-state index contributed by atoms with van der Waals surface area (Å²) in [7, 11) is 3.62. The first-order valence-electron chi connectivity index (χ1n) is 6.65. The van der Waals surface area contributed by atoms with E-state index in [1.54, 1.807) is 7.11 Å². The summed E-state index contributed by atoms with van der Waals surface area (Å²) in [5.41, 5.74) is 1.95. The SMILES string of the molecule is CCNCc1ccc(N(C)c2cccc(OC)c2)nn1. The molecular formula is C15H20N4O. The highest BCUT2D eigenvalue weighted by molar-refractivity contribution is 5.60. The van der Waals surface area contributed by atoms with Gasteiger partial charge in [0.05, 0.1) is 12.8 Å². The molecule has 0 aliphatic heterocycles. The molecular weight excluding hydrogens is 252 g/mol. The predicted octanol–water partition coefficient (Wildman–Crippen LogP) is 2.36. The molecule has 106 valence electrons. The zero-order chi connectivity index (χ0) is 14.4. The number of ether oxygens (including phenoxy) is 1. The molecule has 0 bridgehead atoms. The van der Waals surface area contributed by atoms with Crippen molar-refractivity contribution in [1.29, 1.82) is 0 Å². The lowest BCUT2D eigenvalue weighted by molar-refractivity contribution is 0.415. The molecule has 20 heavy (non-hydrogen) atoms. The van der Waals surface area contributed by atoms with Crippen LogP contribution in [0.25, 0.3) is 0 Å². The lowest BCUT2D eigenvalue weighted by Crippen LogP contribution is -2.15. The molecule has 1 aromatic carbocycles. The molecule has 0 saturated carbocycles. The van der Waals surface area contributed by atoms with Crippen molar-refractivity contribution < 1.29 is 4.74 Å². The van der Waals surface area contributed by atoms with Gasteiger partial charge in [-0.05, 0) is 30.8 Å². The Bertz CT molecular complexity index is 542. The molecule has 0 unspecified atom stereocenters. The van der Waals surface area contributed by atoms with Crippen LogP contribution in [0.2, 0.25) is 0 Å². The van der Waals surface area contributed by atoms with Gasteiger partial charge in [-0.25, -0.2) is 0 Å². The van der Waals surface area contributed by atoms with Crippen LogP contribution in [0.5, 0.6) is 5.75 Å². The highest BCUT2D eigenvalue weighted by atomic mass is 16.5. The molecule has 5 heteroatoms. The van der Waals surface area contributed by atoms with Gasteiger partial charge in [0.15, 0.2) is 5.82 Å². The highest BCUT2D eigenvalue weighted by Crippen LogP contribution is 2.24. The topological polar surface area (TPSA) is 50.3 Å². The predicted molar refractivity (Wildman–Crippen MR) is 80.5 cm³/mol. The molecule has 0 radical (unpaired) electrons. The fourth-order valence-corrected chi connectivity index (χ4v) is 1.83. The van der Waals surface area contributed by atoms with Crippen LogP contribution in [0.3, 0.4) is 0 Å². The number of methoxy groups -OCH3 is 1. The zero-order valence-corrected chi connectivity index (χ0v) is 12.1. The first-order chi connectivity index (χ1) is 9.74. The van der Waals surface area contributed by atoms with Crippen molar-refractivity contribution >= 4 is 11.5 Å². The summed E-state index contributed by atoms with van der Waals surface area (Å²) in [5, 5.41) is 11.7. The summed E-state index contributed by atoms with van der Waals surface area (Å²) in [4.78, 5) is 1.98. The Kier molecular flexibility index (Phi) is 4.90. The number of anilines is 2. The van der Waals surface area contributed by atoms with Gasteiger partial charge in [-0.15, -0.1) is 5.10 Å². The molecule has 0 amide bonds. The number of rotatable bonds is 6. The van der Waals surface area contributed by atoms with Crippen LogP contribution in [-0.4, -0.2) is 30.9 Å². The van der Waals surface area contributed by atoms with E-state index < -0.39 is 0 Å². The second-order valence-electron chi connectivity index (χ2n) is 4.42. The van der Waals surface area contributed by atoms with Crippen LogP contribution in [0.15, 0.2) is 36.4 Å². The van der Waals surface area contributed by atoms with E-state index in [2.05, 4.69) is 22.4 Å².